The Balaban J connectivity index is 1.86. The highest BCUT2D eigenvalue weighted by Crippen LogP contribution is 2.20. The molecule has 118 valence electrons. The molecule has 1 aliphatic heterocycles. The number of hydrogen-bond acceptors (Lipinski definition) is 4. The van der Waals surface area contributed by atoms with Crippen LogP contribution in [0.3, 0.4) is 0 Å². The highest BCUT2D eigenvalue weighted by atomic mass is 16.6. The van der Waals surface area contributed by atoms with Gasteiger partial charge in [0.1, 0.15) is 6.61 Å². The van der Waals surface area contributed by atoms with Crippen LogP contribution in [0.2, 0.25) is 0 Å². The molecule has 0 bridgehead atoms. The quantitative estimate of drug-likeness (QED) is 0.620. The predicted molar refractivity (Wildman–Crippen MR) is 82.1 cm³/mol. The number of hydrogen-bond donors (Lipinski definition) is 0. The lowest BCUT2D eigenvalue weighted by Crippen LogP contribution is -2.34. The minimum atomic E-state index is -0.382. The summed E-state index contributed by atoms with van der Waals surface area (Å²) in [7, 11) is 0. The van der Waals surface area contributed by atoms with Gasteiger partial charge < -0.3 is 14.4 Å². The molecule has 1 aliphatic rings. The average Bonchev–Trinajstić information content (AvgIpc) is 3.00. The van der Waals surface area contributed by atoms with Gasteiger partial charge in [0.15, 0.2) is 0 Å². The van der Waals surface area contributed by atoms with Gasteiger partial charge in [0.25, 0.3) is 0 Å². The summed E-state index contributed by atoms with van der Waals surface area (Å²) in [5.41, 5.74) is 0.952. The molecule has 1 fully saturated rings. The minimum Gasteiger partial charge on any atom is -0.463 e. The van der Waals surface area contributed by atoms with Crippen LogP contribution in [-0.4, -0.2) is 36.2 Å². The first kappa shape index (κ1) is 16.1. The van der Waals surface area contributed by atoms with Crippen molar-refractivity contribution in [1.29, 1.82) is 0 Å². The molecule has 1 amide bonds. The van der Waals surface area contributed by atoms with E-state index < -0.39 is 0 Å². The average molecular weight is 303 g/mol. The van der Waals surface area contributed by atoms with Crippen LogP contribution in [0, 0.1) is 0 Å². The van der Waals surface area contributed by atoms with E-state index in [0.29, 0.717) is 13.2 Å². The molecule has 0 aromatic heterocycles. The van der Waals surface area contributed by atoms with Crippen LogP contribution in [0.5, 0.6) is 0 Å². The van der Waals surface area contributed by atoms with Gasteiger partial charge in [-0.2, -0.15) is 0 Å². The number of carbonyl (C=O) groups is 2. The summed E-state index contributed by atoms with van der Waals surface area (Å²) in [5, 5.41) is 0. The second kappa shape index (κ2) is 8.22. The molecule has 2 rings (SSSR count). The van der Waals surface area contributed by atoms with E-state index in [-0.39, 0.29) is 24.7 Å². The lowest BCUT2D eigenvalue weighted by molar-refractivity contribution is -0.137. The van der Waals surface area contributed by atoms with Crippen molar-refractivity contribution in [2.75, 3.05) is 13.2 Å². The van der Waals surface area contributed by atoms with Crippen LogP contribution >= 0.6 is 0 Å². The van der Waals surface area contributed by atoms with Crippen molar-refractivity contribution in [3.8, 4) is 0 Å². The largest absolute Gasteiger partial charge is 0.463 e. The van der Waals surface area contributed by atoms with Gasteiger partial charge in [-0.05, 0) is 25.3 Å². The maximum Gasteiger partial charge on any atom is 0.410 e. The predicted octanol–water partition coefficient (Wildman–Crippen LogP) is 2.91. The van der Waals surface area contributed by atoms with Crippen LogP contribution in [0.4, 0.5) is 4.79 Å². The summed E-state index contributed by atoms with van der Waals surface area (Å²) < 4.78 is 10.2. The summed E-state index contributed by atoms with van der Waals surface area (Å²) in [6, 6.07) is 9.45. The number of esters is 1. The molecule has 22 heavy (non-hydrogen) atoms. The Kier molecular flexibility index (Phi) is 6.01. The molecule has 1 atom stereocenters. The Labute approximate surface area is 130 Å². The first-order valence-electron chi connectivity index (χ1n) is 7.53. The monoisotopic (exact) mass is 303 g/mol. The van der Waals surface area contributed by atoms with Crippen LogP contribution in [0.15, 0.2) is 42.5 Å². The van der Waals surface area contributed by atoms with Gasteiger partial charge in [0, 0.05) is 12.6 Å². The van der Waals surface area contributed by atoms with E-state index in [0.717, 1.165) is 18.4 Å². The summed E-state index contributed by atoms with van der Waals surface area (Å²) in [6.45, 7) is 3.00. The third-order valence-electron chi connectivity index (χ3n) is 3.48. The van der Waals surface area contributed by atoms with Gasteiger partial charge in [0.05, 0.1) is 12.6 Å². The van der Waals surface area contributed by atoms with Crippen LogP contribution < -0.4 is 0 Å². The molecule has 1 saturated heterocycles. The number of likely N-dealkylation sites (tertiary alicyclic amines) is 1. The molecule has 0 saturated carbocycles. The van der Waals surface area contributed by atoms with Crippen molar-refractivity contribution >= 4 is 12.1 Å². The third-order valence-corrected chi connectivity index (χ3v) is 3.48. The summed E-state index contributed by atoms with van der Waals surface area (Å²) >= 11 is 0. The number of amides is 1. The number of nitrogens with zero attached hydrogens (tertiary/aromatic N) is 1. The first-order valence-corrected chi connectivity index (χ1v) is 7.53. The number of rotatable bonds is 5. The van der Waals surface area contributed by atoms with Crippen molar-refractivity contribution in [2.24, 2.45) is 0 Å². The Morgan fingerprint density at radius 1 is 1.27 bits per heavy atom. The Hall–Kier alpha value is -2.30. The van der Waals surface area contributed by atoms with Gasteiger partial charge in [-0.25, -0.2) is 9.59 Å². The molecule has 1 aromatic carbocycles. The second-order valence-corrected chi connectivity index (χ2v) is 5.05. The van der Waals surface area contributed by atoms with Crippen molar-refractivity contribution < 1.29 is 19.1 Å². The van der Waals surface area contributed by atoms with Crippen molar-refractivity contribution in [3.05, 3.63) is 48.0 Å². The van der Waals surface area contributed by atoms with E-state index in [9.17, 15) is 9.59 Å². The molecule has 0 aliphatic carbocycles. The van der Waals surface area contributed by atoms with Crippen molar-refractivity contribution in [3.63, 3.8) is 0 Å². The molecule has 0 radical (unpaired) electrons. The fourth-order valence-corrected chi connectivity index (χ4v) is 2.40. The number of carbonyl (C=O) groups excluding carboxylic acids is 2. The molecular formula is C17H21NO4. The second-order valence-electron chi connectivity index (χ2n) is 5.05. The standard InChI is InChI=1S/C17H21NO4/c1-2-21-16(19)11-10-15-9-6-12-18(15)17(20)22-13-14-7-4-3-5-8-14/h3-5,7-8,10-11,15H,2,6,9,12-13H2,1H3/b11-10-. The van der Waals surface area contributed by atoms with Crippen LogP contribution in [0.25, 0.3) is 0 Å². The van der Waals surface area contributed by atoms with Crippen molar-refractivity contribution in [2.45, 2.75) is 32.4 Å². The van der Waals surface area contributed by atoms with E-state index in [2.05, 4.69) is 0 Å². The van der Waals surface area contributed by atoms with Crippen molar-refractivity contribution in [1.82, 2.24) is 4.90 Å². The number of ether oxygens (including phenoxy) is 2. The fraction of sp³-hybridized carbons (Fsp3) is 0.412. The highest BCUT2D eigenvalue weighted by Gasteiger charge is 2.28. The van der Waals surface area contributed by atoms with Gasteiger partial charge in [-0.15, -0.1) is 0 Å². The maximum atomic E-state index is 12.2. The lowest BCUT2D eigenvalue weighted by atomic mass is 10.2. The number of benzene rings is 1. The summed E-state index contributed by atoms with van der Waals surface area (Å²) in [5.74, 6) is -0.382. The van der Waals surface area contributed by atoms with E-state index in [1.54, 1.807) is 17.9 Å². The normalized spacial score (nSPS) is 17.7. The SMILES string of the molecule is CCOC(=O)/C=C\C1CCCN1C(=O)OCc1ccccc1. The van der Waals surface area contributed by atoms with E-state index in [4.69, 9.17) is 9.47 Å². The van der Waals surface area contributed by atoms with Gasteiger partial charge in [0.2, 0.25) is 0 Å². The van der Waals surface area contributed by atoms with Gasteiger partial charge in [-0.1, -0.05) is 36.4 Å². The van der Waals surface area contributed by atoms with Crippen LogP contribution in [0.1, 0.15) is 25.3 Å². The zero-order valence-electron chi connectivity index (χ0n) is 12.7. The van der Waals surface area contributed by atoms with Gasteiger partial charge >= 0.3 is 12.1 Å². The zero-order valence-corrected chi connectivity index (χ0v) is 12.7. The lowest BCUT2D eigenvalue weighted by Gasteiger charge is -2.21. The van der Waals surface area contributed by atoms with E-state index in [1.807, 2.05) is 30.3 Å². The Morgan fingerprint density at radius 3 is 2.77 bits per heavy atom. The molecular weight excluding hydrogens is 282 g/mol. The van der Waals surface area contributed by atoms with Crippen LogP contribution in [-0.2, 0) is 20.9 Å². The fourth-order valence-electron chi connectivity index (χ4n) is 2.40. The molecule has 0 N–H and O–H groups in total. The molecule has 5 nitrogen and oxygen atoms in total. The topological polar surface area (TPSA) is 55.8 Å². The Bertz CT molecular complexity index is 527. The molecule has 0 spiro atoms. The smallest absolute Gasteiger partial charge is 0.410 e. The summed E-state index contributed by atoms with van der Waals surface area (Å²) in [4.78, 5) is 25.1. The first-order chi connectivity index (χ1) is 10.7. The zero-order chi connectivity index (χ0) is 15.8. The molecule has 1 unspecified atom stereocenters. The highest BCUT2D eigenvalue weighted by molar-refractivity contribution is 5.82. The van der Waals surface area contributed by atoms with Gasteiger partial charge in [-0.3, -0.25) is 0 Å². The maximum absolute atomic E-state index is 12.2. The van der Waals surface area contributed by atoms with E-state index in [1.165, 1.54) is 6.08 Å². The minimum absolute atomic E-state index is 0.104. The third kappa shape index (κ3) is 4.62. The Morgan fingerprint density at radius 2 is 2.05 bits per heavy atom. The summed E-state index contributed by atoms with van der Waals surface area (Å²) in [6.07, 6.45) is 4.49. The van der Waals surface area contributed by atoms with E-state index >= 15 is 0 Å². The molecule has 1 heterocycles. The molecule has 1 aromatic rings. The molecule has 5 heteroatoms.